The fourth-order valence-electron chi connectivity index (χ4n) is 3.69. The van der Waals surface area contributed by atoms with Crippen LogP contribution in [0.4, 0.5) is 5.00 Å². The van der Waals surface area contributed by atoms with E-state index >= 15 is 0 Å². The summed E-state index contributed by atoms with van der Waals surface area (Å²) in [7, 11) is 0. The van der Waals surface area contributed by atoms with Crippen LogP contribution in [-0.2, 0) is 0 Å². The van der Waals surface area contributed by atoms with Crippen molar-refractivity contribution in [2.24, 2.45) is 10.9 Å². The highest BCUT2D eigenvalue weighted by Crippen LogP contribution is 2.25. The van der Waals surface area contributed by atoms with Crippen LogP contribution in [0.2, 0.25) is 0 Å². The number of hydrogen-bond donors (Lipinski definition) is 2. The van der Waals surface area contributed by atoms with Gasteiger partial charge in [0.25, 0.3) is 0 Å². The highest BCUT2D eigenvalue weighted by atomic mass is 127. The molecule has 160 valence electrons. The lowest BCUT2D eigenvalue weighted by Crippen LogP contribution is -2.48. The first-order chi connectivity index (χ1) is 13.7. The van der Waals surface area contributed by atoms with Crippen LogP contribution in [0.1, 0.15) is 45.1 Å². The highest BCUT2D eigenvalue weighted by Gasteiger charge is 2.21. The molecule has 1 fully saturated rings. The predicted molar refractivity (Wildman–Crippen MR) is 136 cm³/mol. The van der Waals surface area contributed by atoms with Crippen molar-refractivity contribution in [3.8, 4) is 0 Å². The third kappa shape index (κ3) is 7.13. The monoisotopic (exact) mass is 527 g/mol. The van der Waals surface area contributed by atoms with Crippen LogP contribution in [0.25, 0.3) is 0 Å². The Labute approximate surface area is 196 Å². The second-order valence-corrected chi connectivity index (χ2v) is 8.64. The minimum absolute atomic E-state index is 0. The predicted octanol–water partition coefficient (Wildman–Crippen LogP) is 4.72. The second-order valence-electron chi connectivity index (χ2n) is 7.71. The molecule has 1 aliphatic heterocycles. The minimum Gasteiger partial charge on any atom is -0.363 e. The summed E-state index contributed by atoms with van der Waals surface area (Å²) in [5, 5.41) is 10.6. The molecule has 7 heteroatoms. The van der Waals surface area contributed by atoms with E-state index in [9.17, 15) is 0 Å². The molecule has 5 nitrogen and oxygen atoms in total. The molecule has 1 saturated heterocycles. The van der Waals surface area contributed by atoms with Crippen molar-refractivity contribution in [3.05, 3.63) is 47.6 Å². The summed E-state index contributed by atoms with van der Waals surface area (Å²) in [5.74, 6) is 1.83. The third-order valence-electron chi connectivity index (χ3n) is 5.36. The smallest absolute Gasteiger partial charge is 0.191 e. The number of rotatable bonds is 7. The zero-order valence-corrected chi connectivity index (χ0v) is 20.8. The van der Waals surface area contributed by atoms with E-state index in [0.29, 0.717) is 17.9 Å². The average molecular weight is 528 g/mol. The Morgan fingerprint density at radius 2 is 2.07 bits per heavy atom. The van der Waals surface area contributed by atoms with E-state index in [1.165, 1.54) is 10.6 Å². The lowest BCUT2D eigenvalue weighted by molar-refractivity contribution is 0.460. The van der Waals surface area contributed by atoms with E-state index < -0.39 is 0 Å². The van der Waals surface area contributed by atoms with E-state index in [1.54, 1.807) is 0 Å². The molecule has 1 atom stereocenters. The Balaban J connectivity index is 0.00000300. The summed E-state index contributed by atoms with van der Waals surface area (Å²) in [4.78, 5) is 11.7. The zero-order chi connectivity index (χ0) is 19.8. The van der Waals surface area contributed by atoms with Gasteiger partial charge in [0.15, 0.2) is 5.96 Å². The van der Waals surface area contributed by atoms with Crippen molar-refractivity contribution in [3.63, 3.8) is 0 Å². The molecular weight excluding hydrogens is 493 g/mol. The summed E-state index contributed by atoms with van der Waals surface area (Å²) >= 11 is 1.83. The quantitative estimate of drug-likeness (QED) is 0.311. The second kappa shape index (κ2) is 12.4. The van der Waals surface area contributed by atoms with Crippen molar-refractivity contribution in [1.29, 1.82) is 0 Å². The SMILES string of the molecule is CCNC(=NCC(c1cccnc1)C(C)C)NC1CCN(c2cccs2)CC1.I. The maximum atomic E-state index is 4.93. The van der Waals surface area contributed by atoms with Gasteiger partial charge in [-0.1, -0.05) is 19.9 Å². The molecule has 2 aromatic heterocycles. The summed E-state index contributed by atoms with van der Waals surface area (Å²) in [6.45, 7) is 10.5. The Hall–Kier alpha value is -1.35. The zero-order valence-electron chi connectivity index (χ0n) is 17.7. The highest BCUT2D eigenvalue weighted by molar-refractivity contribution is 14.0. The van der Waals surface area contributed by atoms with Gasteiger partial charge in [0.2, 0.25) is 0 Å². The van der Waals surface area contributed by atoms with Gasteiger partial charge in [-0.15, -0.1) is 35.3 Å². The normalized spacial score (nSPS) is 16.4. The first kappa shape index (κ1) is 23.9. The van der Waals surface area contributed by atoms with E-state index in [0.717, 1.165) is 45.0 Å². The number of nitrogens with one attached hydrogen (secondary N) is 2. The summed E-state index contributed by atoms with van der Waals surface area (Å²) in [5.41, 5.74) is 1.27. The van der Waals surface area contributed by atoms with E-state index in [1.807, 2.05) is 29.8 Å². The van der Waals surface area contributed by atoms with Gasteiger partial charge < -0.3 is 15.5 Å². The topological polar surface area (TPSA) is 52.6 Å². The molecule has 0 bridgehead atoms. The molecule has 0 radical (unpaired) electrons. The average Bonchev–Trinajstić information content (AvgIpc) is 3.24. The fourth-order valence-corrected chi connectivity index (χ4v) is 4.48. The number of aromatic nitrogens is 1. The first-order valence-corrected chi connectivity index (χ1v) is 11.3. The molecule has 2 N–H and O–H groups in total. The van der Waals surface area contributed by atoms with Crippen molar-refractivity contribution in [2.75, 3.05) is 31.1 Å². The van der Waals surface area contributed by atoms with Crippen LogP contribution in [0.5, 0.6) is 0 Å². The van der Waals surface area contributed by atoms with Crippen LogP contribution < -0.4 is 15.5 Å². The van der Waals surface area contributed by atoms with Gasteiger partial charge in [0.05, 0.1) is 5.00 Å². The molecular formula is C22H34IN5S. The van der Waals surface area contributed by atoms with Gasteiger partial charge in [-0.2, -0.15) is 0 Å². The summed E-state index contributed by atoms with van der Waals surface area (Å²) in [6.07, 6.45) is 6.08. The van der Waals surface area contributed by atoms with E-state index in [4.69, 9.17) is 4.99 Å². The molecule has 0 amide bonds. The Morgan fingerprint density at radius 3 is 2.66 bits per heavy atom. The van der Waals surface area contributed by atoms with Crippen LogP contribution in [0.3, 0.4) is 0 Å². The number of hydrogen-bond acceptors (Lipinski definition) is 4. The minimum atomic E-state index is 0. The third-order valence-corrected chi connectivity index (χ3v) is 6.29. The van der Waals surface area contributed by atoms with Crippen molar-refractivity contribution in [1.82, 2.24) is 15.6 Å². The number of nitrogens with zero attached hydrogens (tertiary/aromatic N) is 3. The Morgan fingerprint density at radius 1 is 1.28 bits per heavy atom. The Bertz CT molecular complexity index is 712. The van der Waals surface area contributed by atoms with Gasteiger partial charge in [-0.3, -0.25) is 9.98 Å². The number of pyridine rings is 1. The molecule has 0 aromatic carbocycles. The standard InChI is InChI=1S/C22H33N5S.HI/c1-4-24-22(25-16-20(17(2)3)18-7-5-11-23-15-18)26-19-9-12-27(13-10-19)21-8-6-14-28-21;/h5-8,11,14-15,17,19-20H,4,9-10,12-13,16H2,1-3H3,(H2,24,25,26);1H. The number of thiophene rings is 1. The molecule has 1 aliphatic rings. The van der Waals surface area contributed by atoms with Crippen molar-refractivity contribution < 1.29 is 0 Å². The molecule has 0 spiro atoms. The van der Waals surface area contributed by atoms with Crippen LogP contribution in [-0.4, -0.2) is 43.2 Å². The number of halogens is 1. The van der Waals surface area contributed by atoms with Gasteiger partial charge in [0, 0.05) is 50.5 Å². The maximum Gasteiger partial charge on any atom is 0.191 e. The molecule has 2 aromatic rings. The lowest BCUT2D eigenvalue weighted by Gasteiger charge is -2.33. The number of anilines is 1. The van der Waals surface area contributed by atoms with Crippen LogP contribution in [0.15, 0.2) is 47.0 Å². The van der Waals surface area contributed by atoms with Gasteiger partial charge in [-0.25, -0.2) is 0 Å². The number of piperidine rings is 1. The molecule has 29 heavy (non-hydrogen) atoms. The van der Waals surface area contributed by atoms with Crippen LogP contribution in [0, 0.1) is 5.92 Å². The molecule has 0 saturated carbocycles. The molecule has 1 unspecified atom stereocenters. The van der Waals surface area contributed by atoms with Crippen LogP contribution >= 0.6 is 35.3 Å². The lowest BCUT2D eigenvalue weighted by atomic mass is 9.89. The van der Waals surface area contributed by atoms with Crippen molar-refractivity contribution >= 4 is 46.3 Å². The largest absolute Gasteiger partial charge is 0.363 e. The van der Waals surface area contributed by atoms with E-state index in [-0.39, 0.29) is 24.0 Å². The summed E-state index contributed by atoms with van der Waals surface area (Å²) in [6, 6.07) is 9.00. The van der Waals surface area contributed by atoms with Crippen molar-refractivity contribution in [2.45, 2.75) is 45.6 Å². The summed E-state index contributed by atoms with van der Waals surface area (Å²) < 4.78 is 0. The van der Waals surface area contributed by atoms with Gasteiger partial charge in [-0.05, 0) is 54.8 Å². The first-order valence-electron chi connectivity index (χ1n) is 10.4. The fraction of sp³-hybridized carbons (Fsp3) is 0.545. The Kier molecular flexibility index (Phi) is 10.2. The molecule has 3 rings (SSSR count). The van der Waals surface area contributed by atoms with Gasteiger partial charge >= 0.3 is 0 Å². The number of guanidine groups is 1. The molecule has 3 heterocycles. The van der Waals surface area contributed by atoms with E-state index in [2.05, 4.69) is 64.9 Å². The molecule has 0 aliphatic carbocycles. The number of aliphatic imine (C=N–C) groups is 1. The maximum absolute atomic E-state index is 4.93. The van der Waals surface area contributed by atoms with Gasteiger partial charge in [0.1, 0.15) is 0 Å².